The van der Waals surface area contributed by atoms with Gasteiger partial charge in [0, 0.05) is 18.9 Å². The van der Waals surface area contributed by atoms with Crippen LogP contribution in [0.1, 0.15) is 17.5 Å². The van der Waals surface area contributed by atoms with Gasteiger partial charge in [0.2, 0.25) is 0 Å². The number of aryl methyl sites for hydroxylation is 1. The largest absolute Gasteiger partial charge is 0.491 e. The van der Waals surface area contributed by atoms with Crippen molar-refractivity contribution in [2.24, 2.45) is 5.73 Å². The minimum Gasteiger partial charge on any atom is -0.491 e. The molecule has 1 aromatic heterocycles. The van der Waals surface area contributed by atoms with Crippen molar-refractivity contribution in [2.45, 2.75) is 19.4 Å². The van der Waals surface area contributed by atoms with Crippen LogP contribution >= 0.6 is 0 Å². The molecule has 2 rings (SSSR count). The lowest BCUT2D eigenvalue weighted by Gasteiger charge is -2.08. The third-order valence-electron chi connectivity index (χ3n) is 2.85. The van der Waals surface area contributed by atoms with Crippen molar-refractivity contribution >= 4 is 0 Å². The van der Waals surface area contributed by atoms with Crippen molar-refractivity contribution in [2.75, 3.05) is 6.61 Å². The zero-order valence-corrected chi connectivity index (χ0v) is 10.7. The first-order valence-electron chi connectivity index (χ1n) is 6.30. The van der Waals surface area contributed by atoms with Gasteiger partial charge in [0.1, 0.15) is 0 Å². The number of rotatable bonds is 6. The van der Waals surface area contributed by atoms with Gasteiger partial charge < -0.3 is 10.5 Å². The minimum absolute atomic E-state index is 0.284. The summed E-state index contributed by atoms with van der Waals surface area (Å²) in [5.41, 5.74) is 7.41. The highest BCUT2D eigenvalue weighted by molar-refractivity contribution is 5.29. The smallest absolute Gasteiger partial charge is 0.165 e. The van der Waals surface area contributed by atoms with E-state index < -0.39 is 0 Å². The fraction of sp³-hybridized carbons (Fsp3) is 0.267. The molecule has 0 bridgehead atoms. The molecule has 0 atom stereocenters. The molecule has 0 amide bonds. The maximum atomic E-state index is 13.6. The highest BCUT2D eigenvalue weighted by atomic mass is 19.1. The molecular formula is C15H17FN2O. The number of pyridine rings is 1. The molecule has 19 heavy (non-hydrogen) atoms. The van der Waals surface area contributed by atoms with Gasteiger partial charge in [-0.3, -0.25) is 4.98 Å². The molecule has 0 aliphatic carbocycles. The first-order valence-corrected chi connectivity index (χ1v) is 6.30. The Morgan fingerprint density at radius 1 is 1.11 bits per heavy atom. The van der Waals surface area contributed by atoms with E-state index in [9.17, 15) is 4.39 Å². The Kier molecular flexibility index (Phi) is 4.86. The Morgan fingerprint density at radius 3 is 2.58 bits per heavy atom. The van der Waals surface area contributed by atoms with Crippen molar-refractivity contribution in [1.29, 1.82) is 0 Å². The highest BCUT2D eigenvalue weighted by Crippen LogP contribution is 2.18. The van der Waals surface area contributed by atoms with E-state index in [4.69, 9.17) is 10.5 Å². The lowest BCUT2D eigenvalue weighted by Crippen LogP contribution is -2.02. The second kappa shape index (κ2) is 6.85. The Balaban J connectivity index is 1.80. The molecule has 0 spiro atoms. The van der Waals surface area contributed by atoms with Gasteiger partial charge in [0.05, 0.1) is 6.61 Å². The summed E-state index contributed by atoms with van der Waals surface area (Å²) in [5.74, 6) is -0.0706. The summed E-state index contributed by atoms with van der Waals surface area (Å²) in [6.07, 6.45) is 5.26. The predicted octanol–water partition coefficient (Wildman–Crippen LogP) is 2.69. The van der Waals surface area contributed by atoms with Gasteiger partial charge in [-0.05, 0) is 48.2 Å². The fourth-order valence-corrected chi connectivity index (χ4v) is 1.80. The number of aromatic nitrogens is 1. The maximum absolute atomic E-state index is 13.6. The second-order valence-corrected chi connectivity index (χ2v) is 4.28. The van der Waals surface area contributed by atoms with Gasteiger partial charge in [-0.1, -0.05) is 6.07 Å². The number of nitrogens with two attached hydrogens (primary N) is 1. The SMILES string of the molecule is NCc1ccc(OCCCc2ccncc2)c(F)c1. The molecule has 0 aliphatic heterocycles. The van der Waals surface area contributed by atoms with Gasteiger partial charge in [0.25, 0.3) is 0 Å². The Morgan fingerprint density at radius 2 is 1.89 bits per heavy atom. The fourth-order valence-electron chi connectivity index (χ4n) is 1.80. The molecule has 0 unspecified atom stereocenters. The van der Waals surface area contributed by atoms with Crippen LogP contribution in [0.2, 0.25) is 0 Å². The summed E-state index contributed by atoms with van der Waals surface area (Å²) < 4.78 is 19.0. The van der Waals surface area contributed by atoms with Crippen LogP contribution in [0.4, 0.5) is 4.39 Å². The van der Waals surface area contributed by atoms with Crippen molar-refractivity contribution in [3.05, 3.63) is 59.7 Å². The van der Waals surface area contributed by atoms with Crippen molar-refractivity contribution < 1.29 is 9.13 Å². The number of ether oxygens (including phenoxy) is 1. The molecule has 0 aliphatic rings. The van der Waals surface area contributed by atoms with Gasteiger partial charge in [-0.2, -0.15) is 0 Å². The molecule has 4 heteroatoms. The number of hydrogen-bond acceptors (Lipinski definition) is 3. The Bertz CT molecular complexity index is 517. The van der Waals surface area contributed by atoms with E-state index in [1.54, 1.807) is 24.5 Å². The van der Waals surface area contributed by atoms with Crippen LogP contribution in [0, 0.1) is 5.82 Å². The topological polar surface area (TPSA) is 48.1 Å². The van der Waals surface area contributed by atoms with Crippen molar-refractivity contribution in [3.8, 4) is 5.75 Å². The molecular weight excluding hydrogens is 243 g/mol. The van der Waals surface area contributed by atoms with E-state index in [0.29, 0.717) is 13.2 Å². The molecule has 1 heterocycles. The van der Waals surface area contributed by atoms with Crippen LogP contribution in [-0.4, -0.2) is 11.6 Å². The molecule has 2 aromatic rings. The second-order valence-electron chi connectivity index (χ2n) is 4.28. The summed E-state index contributed by atoms with van der Waals surface area (Å²) in [5, 5.41) is 0. The molecule has 0 fully saturated rings. The first kappa shape index (κ1) is 13.5. The summed E-state index contributed by atoms with van der Waals surface area (Å²) >= 11 is 0. The van der Waals surface area contributed by atoms with Crippen LogP contribution < -0.4 is 10.5 Å². The van der Waals surface area contributed by atoms with Crippen molar-refractivity contribution in [3.63, 3.8) is 0 Å². The zero-order chi connectivity index (χ0) is 13.5. The standard InChI is InChI=1S/C15H17FN2O/c16-14-10-13(11-17)3-4-15(14)19-9-1-2-12-5-7-18-8-6-12/h3-8,10H,1-2,9,11,17H2. The van der Waals surface area contributed by atoms with E-state index in [1.807, 2.05) is 12.1 Å². The summed E-state index contributed by atoms with van der Waals surface area (Å²) in [7, 11) is 0. The molecule has 0 saturated heterocycles. The van der Waals surface area contributed by atoms with E-state index in [2.05, 4.69) is 4.98 Å². The summed E-state index contributed by atoms with van der Waals surface area (Å²) in [6.45, 7) is 0.820. The van der Waals surface area contributed by atoms with E-state index in [1.165, 1.54) is 11.6 Å². The van der Waals surface area contributed by atoms with Gasteiger partial charge in [-0.25, -0.2) is 4.39 Å². The van der Waals surface area contributed by atoms with Crippen LogP contribution in [0.15, 0.2) is 42.7 Å². The van der Waals surface area contributed by atoms with Crippen molar-refractivity contribution in [1.82, 2.24) is 4.98 Å². The molecule has 100 valence electrons. The average Bonchev–Trinajstić information content (AvgIpc) is 2.46. The molecule has 1 aromatic carbocycles. The predicted molar refractivity (Wildman–Crippen MR) is 72.3 cm³/mol. The number of hydrogen-bond donors (Lipinski definition) is 1. The Labute approximate surface area is 112 Å². The third-order valence-corrected chi connectivity index (χ3v) is 2.85. The van der Waals surface area contributed by atoms with Gasteiger partial charge in [0.15, 0.2) is 11.6 Å². The number of benzene rings is 1. The molecule has 3 nitrogen and oxygen atoms in total. The van der Waals surface area contributed by atoms with Gasteiger partial charge >= 0.3 is 0 Å². The van der Waals surface area contributed by atoms with E-state index in [0.717, 1.165) is 18.4 Å². The summed E-state index contributed by atoms with van der Waals surface area (Å²) in [4.78, 5) is 3.96. The monoisotopic (exact) mass is 260 g/mol. The molecule has 0 radical (unpaired) electrons. The number of nitrogens with zero attached hydrogens (tertiary/aromatic N) is 1. The third kappa shape index (κ3) is 4.03. The average molecular weight is 260 g/mol. The quantitative estimate of drug-likeness (QED) is 0.812. The van der Waals surface area contributed by atoms with E-state index >= 15 is 0 Å². The maximum Gasteiger partial charge on any atom is 0.165 e. The van der Waals surface area contributed by atoms with Crippen LogP contribution in [0.25, 0.3) is 0 Å². The Hall–Kier alpha value is -1.94. The lowest BCUT2D eigenvalue weighted by molar-refractivity contribution is 0.295. The van der Waals surface area contributed by atoms with Gasteiger partial charge in [-0.15, -0.1) is 0 Å². The first-order chi connectivity index (χ1) is 9.29. The van der Waals surface area contributed by atoms with Crippen LogP contribution in [0.3, 0.4) is 0 Å². The highest BCUT2D eigenvalue weighted by Gasteiger charge is 2.04. The lowest BCUT2D eigenvalue weighted by atomic mass is 10.1. The minimum atomic E-state index is -0.355. The molecule has 2 N–H and O–H groups in total. The number of halogens is 1. The molecule has 0 saturated carbocycles. The summed E-state index contributed by atoms with van der Waals surface area (Å²) in [6, 6.07) is 8.76. The van der Waals surface area contributed by atoms with Crippen LogP contribution in [-0.2, 0) is 13.0 Å². The van der Waals surface area contributed by atoms with Crippen LogP contribution in [0.5, 0.6) is 5.75 Å². The van der Waals surface area contributed by atoms with E-state index in [-0.39, 0.29) is 11.6 Å². The normalized spacial score (nSPS) is 10.4. The zero-order valence-electron chi connectivity index (χ0n) is 10.7.